The van der Waals surface area contributed by atoms with Gasteiger partial charge in [-0.05, 0) is 24.3 Å². The van der Waals surface area contributed by atoms with Crippen molar-refractivity contribution in [3.8, 4) is 11.5 Å². The van der Waals surface area contributed by atoms with Gasteiger partial charge in [0.1, 0.15) is 11.5 Å². The van der Waals surface area contributed by atoms with Crippen LogP contribution in [0.1, 0.15) is 0 Å². The Kier molecular flexibility index (Phi) is 5.95. The van der Waals surface area contributed by atoms with Crippen LogP contribution < -0.4 is 13.9 Å². The van der Waals surface area contributed by atoms with E-state index in [0.717, 1.165) is 48.5 Å². The first kappa shape index (κ1) is 19.0. The van der Waals surface area contributed by atoms with Crippen molar-refractivity contribution >= 4 is 19.2 Å². The second-order valence-electron chi connectivity index (χ2n) is 4.15. The lowest BCUT2D eigenvalue weighted by Crippen LogP contribution is -2.13. The molecule has 0 saturated carbocycles. The second kappa shape index (κ2) is 7.51. The van der Waals surface area contributed by atoms with E-state index in [9.17, 15) is 24.5 Å². The number of non-ortho nitro benzene ring substituents is 1. The Morgan fingerprint density at radius 1 is 0.875 bits per heavy atom. The minimum Gasteiger partial charge on any atom is -0.736 e. The maximum absolute atomic E-state index is 11.7. The molecule has 0 aliphatic rings. The van der Waals surface area contributed by atoms with Crippen LogP contribution in [0.25, 0.3) is 0 Å². The lowest BCUT2D eigenvalue weighted by atomic mass is 10.3. The molecular formula is C12H11N2O9P. The van der Waals surface area contributed by atoms with Crippen LogP contribution in [-0.2, 0) is 4.57 Å². The Hall–Kier alpha value is -3.01. The van der Waals surface area contributed by atoms with Gasteiger partial charge in [-0.25, -0.2) is 9.77 Å². The molecule has 1 unspecified atom stereocenters. The number of rotatable bonds is 6. The second-order valence-corrected chi connectivity index (χ2v) is 5.41. The van der Waals surface area contributed by atoms with Gasteiger partial charge in [0.2, 0.25) is 0 Å². The first-order chi connectivity index (χ1) is 10.8. The number of hydrogen-bond donors (Lipinski definition) is 1. The Bertz CT molecular complexity index is 713. The molecule has 0 bridgehead atoms. The normalized spacial score (nSPS) is 12.4. The van der Waals surface area contributed by atoms with Crippen molar-refractivity contribution in [2.45, 2.75) is 0 Å². The van der Waals surface area contributed by atoms with Crippen molar-refractivity contribution in [3.63, 3.8) is 0 Å². The minimum absolute atomic E-state index is 0. The predicted molar refractivity (Wildman–Crippen MR) is 77.1 cm³/mol. The van der Waals surface area contributed by atoms with Gasteiger partial charge in [-0.1, -0.05) is 0 Å². The van der Waals surface area contributed by atoms with Crippen LogP contribution in [0, 0.1) is 15.0 Å². The quantitative estimate of drug-likeness (QED) is 0.459. The maximum atomic E-state index is 11.7. The lowest BCUT2D eigenvalue weighted by Gasteiger charge is -2.23. The van der Waals surface area contributed by atoms with Crippen molar-refractivity contribution in [1.29, 1.82) is 0 Å². The standard InChI is InChI=1S/C12H9N2O8P.H2O/c15-13(16)9-1-5-11(6-2-9)21-23(19,20)22-12-7-3-10(4-8-12)14(17)18;/h1-8H,(H-,15,16,19,20);1H2. The maximum Gasteiger partial charge on any atom is 0.372 e. The molecule has 1 atom stereocenters. The summed E-state index contributed by atoms with van der Waals surface area (Å²) in [5, 5.41) is 19.1. The van der Waals surface area contributed by atoms with E-state index in [-0.39, 0.29) is 28.3 Å². The summed E-state index contributed by atoms with van der Waals surface area (Å²) in [7, 11) is -4.79. The molecule has 2 rings (SSSR count). The van der Waals surface area contributed by atoms with E-state index in [0.29, 0.717) is 0 Å². The van der Waals surface area contributed by atoms with Gasteiger partial charge in [-0.15, -0.1) is 0 Å². The molecule has 24 heavy (non-hydrogen) atoms. The molecule has 0 amide bonds. The molecule has 11 nitrogen and oxygen atoms in total. The van der Waals surface area contributed by atoms with E-state index in [1.165, 1.54) is 0 Å². The fourth-order valence-corrected chi connectivity index (χ4v) is 2.34. The predicted octanol–water partition coefficient (Wildman–Crippen LogP) is 1.50. The largest absolute Gasteiger partial charge is 0.736 e. The number of phosphoric ester groups is 1. The zero-order valence-corrected chi connectivity index (χ0v) is 12.7. The van der Waals surface area contributed by atoms with Crippen LogP contribution >= 0.6 is 7.82 Å². The van der Waals surface area contributed by atoms with Crippen LogP contribution in [0.4, 0.5) is 11.4 Å². The minimum atomic E-state index is -4.79. The van der Waals surface area contributed by atoms with E-state index >= 15 is 0 Å². The smallest absolute Gasteiger partial charge is 0.372 e. The number of nitro benzene ring substituents is 1. The Labute approximate surface area is 134 Å². The third-order valence-corrected chi connectivity index (χ3v) is 3.41. The van der Waals surface area contributed by atoms with Gasteiger partial charge in [0, 0.05) is 24.3 Å². The molecule has 2 aromatic carbocycles. The summed E-state index contributed by atoms with van der Waals surface area (Å²) in [4.78, 5) is 31.8. The molecule has 0 saturated heterocycles. The van der Waals surface area contributed by atoms with E-state index in [1.54, 1.807) is 0 Å². The van der Waals surface area contributed by atoms with E-state index in [4.69, 9.17) is 5.21 Å². The molecule has 0 fully saturated rings. The van der Waals surface area contributed by atoms with Gasteiger partial charge in [0.15, 0.2) is 0 Å². The highest BCUT2D eigenvalue weighted by atomic mass is 31.2. The van der Waals surface area contributed by atoms with Gasteiger partial charge in [-0.3, -0.25) is 10.1 Å². The van der Waals surface area contributed by atoms with Crippen LogP contribution in [0.2, 0.25) is 0 Å². The molecular weight excluding hydrogens is 347 g/mol. The topological polar surface area (TPSA) is 174 Å². The number of nitro groups is 1. The van der Waals surface area contributed by atoms with Crippen molar-refractivity contribution in [3.05, 3.63) is 63.6 Å². The van der Waals surface area contributed by atoms with E-state index in [2.05, 4.69) is 9.05 Å². The highest BCUT2D eigenvalue weighted by Crippen LogP contribution is 2.41. The zero-order valence-electron chi connectivity index (χ0n) is 11.8. The average molecular weight is 358 g/mol. The summed E-state index contributed by atoms with van der Waals surface area (Å²) in [5.41, 5.74) is -0.338. The lowest BCUT2D eigenvalue weighted by molar-refractivity contribution is -0.729. The number of phosphoric acid groups is 1. The third-order valence-electron chi connectivity index (χ3n) is 2.54. The summed E-state index contributed by atoms with van der Waals surface area (Å²) < 4.78 is 21.0. The molecule has 0 heterocycles. The summed E-state index contributed by atoms with van der Waals surface area (Å²) in [6.45, 7) is 0. The van der Waals surface area contributed by atoms with E-state index in [1.807, 2.05) is 0 Å². The van der Waals surface area contributed by atoms with Crippen LogP contribution in [0.3, 0.4) is 0 Å². The summed E-state index contributed by atoms with van der Waals surface area (Å²) in [6, 6.07) is 8.91. The molecule has 128 valence electrons. The first-order valence-corrected chi connectivity index (χ1v) is 7.44. The highest BCUT2D eigenvalue weighted by Gasteiger charge is 2.16. The van der Waals surface area contributed by atoms with Crippen molar-refractivity contribution in [1.82, 2.24) is 0 Å². The molecule has 0 spiro atoms. The van der Waals surface area contributed by atoms with Gasteiger partial charge in [0.25, 0.3) is 10.6 Å². The molecule has 12 heteroatoms. The van der Waals surface area contributed by atoms with Gasteiger partial charge in [-0.2, -0.15) is 0 Å². The number of hydrogen-bond acceptors (Lipinski definition) is 7. The molecule has 3 N–H and O–H groups in total. The summed E-state index contributed by atoms with van der Waals surface area (Å²) >= 11 is 0. The van der Waals surface area contributed by atoms with Gasteiger partial charge in [0.05, 0.1) is 9.83 Å². The summed E-state index contributed by atoms with van der Waals surface area (Å²) in [6.07, 6.45) is 0. The van der Waals surface area contributed by atoms with Crippen LogP contribution in [0.15, 0.2) is 48.5 Å². The Balaban J connectivity index is 0.00000288. The van der Waals surface area contributed by atoms with Crippen molar-refractivity contribution < 1.29 is 39.0 Å². The highest BCUT2D eigenvalue weighted by molar-refractivity contribution is 7.46. The average Bonchev–Trinajstić information content (AvgIpc) is 2.47. The molecule has 0 radical (unpaired) electrons. The number of nitrogens with zero attached hydrogens (tertiary/aromatic N) is 2. The monoisotopic (exact) mass is 358 g/mol. The van der Waals surface area contributed by atoms with Crippen LogP contribution in [0.5, 0.6) is 11.5 Å². The molecule has 0 aromatic heterocycles. The number of benzene rings is 2. The van der Waals surface area contributed by atoms with Gasteiger partial charge < -0.3 is 19.4 Å². The molecule has 0 aliphatic heterocycles. The van der Waals surface area contributed by atoms with Gasteiger partial charge >= 0.3 is 13.5 Å². The Morgan fingerprint density at radius 3 is 1.58 bits per heavy atom. The third kappa shape index (κ3) is 5.02. The Morgan fingerprint density at radius 2 is 1.25 bits per heavy atom. The SMILES string of the molecule is O.O=[N+]([O-])c1ccc(OP(=O)([O-])Oc2ccc([N+](=O)O)cc2)cc1. The first-order valence-electron chi connectivity index (χ1n) is 5.98. The zero-order chi connectivity index (χ0) is 17.0. The van der Waals surface area contributed by atoms with Crippen molar-refractivity contribution in [2.75, 3.05) is 0 Å². The fraction of sp³-hybridized carbons (Fsp3) is 0. The fourth-order valence-electron chi connectivity index (χ4n) is 1.54. The van der Waals surface area contributed by atoms with Crippen LogP contribution in [-0.4, -0.2) is 20.5 Å². The molecule has 2 aromatic rings. The summed E-state index contributed by atoms with van der Waals surface area (Å²) in [5.74, 6) is -0.303. The van der Waals surface area contributed by atoms with Crippen molar-refractivity contribution in [2.24, 2.45) is 0 Å². The van der Waals surface area contributed by atoms with E-state index < -0.39 is 17.7 Å². The molecule has 0 aliphatic carbocycles.